The summed E-state index contributed by atoms with van der Waals surface area (Å²) in [5, 5.41) is 2.81. The lowest BCUT2D eigenvalue weighted by Crippen LogP contribution is -2.32. The Morgan fingerprint density at radius 3 is 2.52 bits per heavy atom. The lowest BCUT2D eigenvalue weighted by atomic mass is 10.1. The van der Waals surface area contributed by atoms with Gasteiger partial charge in [0.2, 0.25) is 0 Å². The molecule has 0 aliphatic heterocycles. The molecule has 0 fully saturated rings. The minimum Gasteiger partial charge on any atom is -0.350 e. The second-order valence-electron chi connectivity index (χ2n) is 7.07. The second kappa shape index (κ2) is 9.78. The highest BCUT2D eigenvalue weighted by Crippen LogP contribution is 2.18. The Balaban J connectivity index is 1.67. The van der Waals surface area contributed by atoms with Crippen LogP contribution in [0.4, 0.5) is 10.2 Å². The van der Waals surface area contributed by atoms with Crippen molar-refractivity contribution < 1.29 is 9.18 Å². The highest BCUT2D eigenvalue weighted by atomic mass is 19.1. The number of rotatable bonds is 8. The van der Waals surface area contributed by atoms with Crippen LogP contribution in [0.1, 0.15) is 35.5 Å². The molecule has 1 N–H and O–H groups in total. The topological polar surface area (TPSA) is 58.1 Å². The maximum atomic E-state index is 13.7. The van der Waals surface area contributed by atoms with Crippen LogP contribution in [0.5, 0.6) is 0 Å². The van der Waals surface area contributed by atoms with Crippen molar-refractivity contribution in [2.45, 2.75) is 32.9 Å². The molecule has 0 unspecified atom stereocenters. The Kier molecular flexibility index (Phi) is 6.89. The van der Waals surface area contributed by atoms with Crippen molar-refractivity contribution in [1.29, 1.82) is 0 Å². The van der Waals surface area contributed by atoms with Gasteiger partial charge in [0.25, 0.3) is 5.91 Å². The molecule has 0 saturated carbocycles. The zero-order chi connectivity index (χ0) is 20.6. The molecule has 29 heavy (non-hydrogen) atoms. The van der Waals surface area contributed by atoms with Crippen molar-refractivity contribution in [3.8, 4) is 0 Å². The van der Waals surface area contributed by atoms with Gasteiger partial charge in [0, 0.05) is 25.2 Å². The summed E-state index contributed by atoms with van der Waals surface area (Å²) in [6.07, 6.45) is 1.82. The number of hydrogen-bond donors (Lipinski definition) is 1. The smallest absolute Gasteiger partial charge is 0.270 e. The second-order valence-corrected chi connectivity index (χ2v) is 7.07. The van der Waals surface area contributed by atoms with E-state index < -0.39 is 0 Å². The minimum absolute atomic E-state index is 0.196. The Hall–Kier alpha value is -3.28. The van der Waals surface area contributed by atoms with Crippen LogP contribution in [-0.2, 0) is 13.0 Å². The SMILES string of the molecule is CC(C)N(Cc1ccccc1)c1cc(C(=O)NCCc2ccccc2F)ncn1. The molecule has 150 valence electrons. The number of halogens is 1. The molecule has 2 aromatic carbocycles. The molecule has 3 aromatic rings. The summed E-state index contributed by atoms with van der Waals surface area (Å²) in [5.74, 6) is 0.131. The molecule has 0 aliphatic rings. The quantitative estimate of drug-likeness (QED) is 0.629. The number of amides is 1. The van der Waals surface area contributed by atoms with E-state index in [2.05, 4.69) is 46.2 Å². The van der Waals surface area contributed by atoms with Crippen molar-refractivity contribution in [1.82, 2.24) is 15.3 Å². The molecule has 0 radical (unpaired) electrons. The van der Waals surface area contributed by atoms with Gasteiger partial charge >= 0.3 is 0 Å². The van der Waals surface area contributed by atoms with E-state index in [1.165, 1.54) is 12.4 Å². The summed E-state index contributed by atoms with van der Waals surface area (Å²) in [5.41, 5.74) is 2.03. The van der Waals surface area contributed by atoms with Crippen LogP contribution < -0.4 is 10.2 Å². The van der Waals surface area contributed by atoms with Gasteiger partial charge in [0.05, 0.1) is 0 Å². The van der Waals surface area contributed by atoms with Gasteiger partial charge in [-0.1, -0.05) is 48.5 Å². The largest absolute Gasteiger partial charge is 0.350 e. The zero-order valence-corrected chi connectivity index (χ0v) is 16.7. The van der Waals surface area contributed by atoms with E-state index in [9.17, 15) is 9.18 Å². The van der Waals surface area contributed by atoms with Crippen LogP contribution in [0, 0.1) is 5.82 Å². The average Bonchev–Trinajstić information content (AvgIpc) is 2.74. The molecule has 3 rings (SSSR count). The molecule has 0 atom stereocenters. The Morgan fingerprint density at radius 1 is 1.07 bits per heavy atom. The van der Waals surface area contributed by atoms with Crippen LogP contribution in [0.25, 0.3) is 0 Å². The van der Waals surface area contributed by atoms with Crippen molar-refractivity contribution in [3.63, 3.8) is 0 Å². The van der Waals surface area contributed by atoms with Crippen molar-refractivity contribution in [3.05, 3.63) is 89.6 Å². The van der Waals surface area contributed by atoms with E-state index in [1.807, 2.05) is 18.2 Å². The van der Waals surface area contributed by atoms with Crippen LogP contribution in [-0.4, -0.2) is 28.5 Å². The van der Waals surface area contributed by atoms with Gasteiger partial charge in [-0.05, 0) is 37.5 Å². The van der Waals surface area contributed by atoms with E-state index in [0.717, 1.165) is 5.56 Å². The Morgan fingerprint density at radius 2 is 1.79 bits per heavy atom. The minimum atomic E-state index is -0.298. The summed E-state index contributed by atoms with van der Waals surface area (Å²) in [4.78, 5) is 23.1. The third-order valence-electron chi connectivity index (χ3n) is 4.64. The molecule has 0 spiro atoms. The summed E-state index contributed by atoms with van der Waals surface area (Å²) >= 11 is 0. The molecule has 1 aromatic heterocycles. The molecular weight excluding hydrogens is 367 g/mol. The Bertz CT molecular complexity index is 946. The fraction of sp³-hybridized carbons (Fsp3) is 0.261. The molecule has 0 bridgehead atoms. The standard InChI is InChI=1S/C23H25FN4O/c1-17(2)28(15-18-8-4-3-5-9-18)22-14-21(26-16-27-22)23(29)25-13-12-19-10-6-7-11-20(19)24/h3-11,14,16-17H,12-13,15H2,1-2H3,(H,25,29). The van der Waals surface area contributed by atoms with Crippen LogP contribution in [0.3, 0.4) is 0 Å². The van der Waals surface area contributed by atoms with Crippen molar-refractivity contribution in [2.24, 2.45) is 0 Å². The summed E-state index contributed by atoms with van der Waals surface area (Å²) in [6.45, 7) is 5.18. The fourth-order valence-electron chi connectivity index (χ4n) is 3.04. The molecule has 0 saturated heterocycles. The Labute approximate surface area is 170 Å². The lowest BCUT2D eigenvalue weighted by molar-refractivity contribution is 0.0949. The number of hydrogen-bond acceptors (Lipinski definition) is 4. The summed E-state index contributed by atoms with van der Waals surface area (Å²) in [6, 6.07) is 18.6. The maximum absolute atomic E-state index is 13.7. The third kappa shape index (κ3) is 5.60. The fourth-order valence-corrected chi connectivity index (χ4v) is 3.04. The van der Waals surface area contributed by atoms with Gasteiger partial charge in [-0.2, -0.15) is 0 Å². The van der Waals surface area contributed by atoms with E-state index in [0.29, 0.717) is 36.6 Å². The lowest BCUT2D eigenvalue weighted by Gasteiger charge is -2.28. The molecular formula is C23H25FN4O. The van der Waals surface area contributed by atoms with Crippen LogP contribution >= 0.6 is 0 Å². The number of nitrogens with zero attached hydrogens (tertiary/aromatic N) is 3. The highest BCUT2D eigenvalue weighted by molar-refractivity contribution is 5.92. The van der Waals surface area contributed by atoms with E-state index in [4.69, 9.17) is 0 Å². The first-order valence-electron chi connectivity index (χ1n) is 9.69. The van der Waals surface area contributed by atoms with Gasteiger partial charge < -0.3 is 10.2 Å². The summed E-state index contributed by atoms with van der Waals surface area (Å²) in [7, 11) is 0. The zero-order valence-electron chi connectivity index (χ0n) is 16.7. The van der Waals surface area contributed by atoms with Crippen LogP contribution in [0.2, 0.25) is 0 Å². The number of anilines is 1. The number of carbonyl (C=O) groups excluding carboxylic acids is 1. The normalized spacial score (nSPS) is 10.8. The van der Waals surface area contributed by atoms with E-state index in [1.54, 1.807) is 24.3 Å². The highest BCUT2D eigenvalue weighted by Gasteiger charge is 2.16. The first kappa shape index (κ1) is 20.5. The molecule has 6 heteroatoms. The molecule has 1 heterocycles. The van der Waals surface area contributed by atoms with Gasteiger partial charge in [-0.3, -0.25) is 4.79 Å². The first-order chi connectivity index (χ1) is 14.0. The summed E-state index contributed by atoms with van der Waals surface area (Å²) < 4.78 is 13.7. The van der Waals surface area contributed by atoms with E-state index >= 15 is 0 Å². The molecule has 0 aliphatic carbocycles. The monoisotopic (exact) mass is 392 g/mol. The molecule has 5 nitrogen and oxygen atoms in total. The van der Waals surface area contributed by atoms with Crippen LogP contribution in [0.15, 0.2) is 67.0 Å². The predicted octanol–water partition coefficient (Wildman–Crippen LogP) is 4.00. The molecule has 1 amide bonds. The van der Waals surface area contributed by atoms with Crippen molar-refractivity contribution in [2.75, 3.05) is 11.4 Å². The van der Waals surface area contributed by atoms with Gasteiger partial charge in [0.1, 0.15) is 23.7 Å². The van der Waals surface area contributed by atoms with Gasteiger partial charge in [-0.25, -0.2) is 14.4 Å². The third-order valence-corrected chi connectivity index (χ3v) is 4.64. The maximum Gasteiger partial charge on any atom is 0.270 e. The number of carbonyl (C=O) groups is 1. The van der Waals surface area contributed by atoms with Gasteiger partial charge in [-0.15, -0.1) is 0 Å². The van der Waals surface area contributed by atoms with E-state index in [-0.39, 0.29) is 17.8 Å². The number of aromatic nitrogens is 2. The predicted molar refractivity (Wildman–Crippen MR) is 112 cm³/mol. The van der Waals surface area contributed by atoms with Gasteiger partial charge in [0.15, 0.2) is 0 Å². The average molecular weight is 392 g/mol. The van der Waals surface area contributed by atoms with Crippen molar-refractivity contribution >= 4 is 11.7 Å². The first-order valence-corrected chi connectivity index (χ1v) is 9.69. The number of nitrogens with one attached hydrogen (secondary N) is 1. The number of benzene rings is 2.